The van der Waals surface area contributed by atoms with Crippen LogP contribution in [0.25, 0.3) is 10.8 Å². The fourth-order valence-corrected chi connectivity index (χ4v) is 4.05. The Hall–Kier alpha value is -1.77. The molecule has 0 aliphatic rings. The maximum absolute atomic E-state index is 11.6. The Balaban J connectivity index is 3.22. The van der Waals surface area contributed by atoms with E-state index >= 15 is 0 Å². The van der Waals surface area contributed by atoms with Crippen LogP contribution < -0.4 is 0 Å². The molecule has 0 fully saturated rings. The molecule has 10 nitrogen and oxygen atoms in total. The van der Waals surface area contributed by atoms with Crippen molar-refractivity contribution in [2.45, 2.75) is 14.7 Å². The molecule has 2 rings (SSSR count). The number of nitrogens with zero attached hydrogens (tertiary/aromatic N) is 1. The van der Waals surface area contributed by atoms with Crippen LogP contribution in [0.15, 0.2) is 43.9 Å². The van der Waals surface area contributed by atoms with Gasteiger partial charge in [-0.15, -0.1) is 0 Å². The molecular formula is C11H7NO9S4. The van der Waals surface area contributed by atoms with Gasteiger partial charge in [-0.25, -0.2) is 0 Å². The standard InChI is InChI=1S/C11H7NO9S4/c13-23(14,15)7-1-6-2-8(24(16,17)18)4-10(25(19,20)21)11(6)9(3-7)12-5-22/h1-4H,(H,13,14,15)(H,16,17,18)(H,19,20,21). The molecule has 134 valence electrons. The van der Waals surface area contributed by atoms with Crippen molar-refractivity contribution < 1.29 is 38.9 Å². The molecule has 0 atom stereocenters. The summed E-state index contributed by atoms with van der Waals surface area (Å²) in [5, 5.41) is 1.10. The van der Waals surface area contributed by atoms with Crippen LogP contribution in [0.4, 0.5) is 5.69 Å². The lowest BCUT2D eigenvalue weighted by Gasteiger charge is -2.10. The smallest absolute Gasteiger partial charge is 0.282 e. The second-order valence-electron chi connectivity index (χ2n) is 4.59. The van der Waals surface area contributed by atoms with Crippen LogP contribution in [0.3, 0.4) is 0 Å². The highest BCUT2D eigenvalue weighted by molar-refractivity contribution is 7.87. The quantitative estimate of drug-likeness (QED) is 0.368. The molecule has 0 saturated carbocycles. The number of isothiocyanates is 1. The number of aliphatic imine (C=N–C) groups is 1. The van der Waals surface area contributed by atoms with Gasteiger partial charge in [-0.3, -0.25) is 13.7 Å². The highest BCUT2D eigenvalue weighted by atomic mass is 32.2. The molecule has 25 heavy (non-hydrogen) atoms. The van der Waals surface area contributed by atoms with E-state index in [0.717, 1.165) is 18.2 Å². The molecule has 0 aliphatic heterocycles. The van der Waals surface area contributed by atoms with Gasteiger partial charge >= 0.3 is 0 Å². The summed E-state index contributed by atoms with van der Waals surface area (Å²) in [5.74, 6) is 0. The second-order valence-corrected chi connectivity index (χ2v) is 9.01. The van der Waals surface area contributed by atoms with E-state index < -0.39 is 50.7 Å². The molecule has 0 spiro atoms. The molecule has 14 heteroatoms. The highest BCUT2D eigenvalue weighted by Crippen LogP contribution is 2.36. The SMILES string of the molecule is O=S(=O)(O)c1cc(N=C=S)c2c(S(=O)(=O)O)cc(S(=O)(=O)O)cc2c1. The zero-order valence-electron chi connectivity index (χ0n) is 11.7. The van der Waals surface area contributed by atoms with Crippen molar-refractivity contribution in [1.82, 2.24) is 0 Å². The Morgan fingerprint density at radius 3 is 1.68 bits per heavy atom. The first kappa shape index (κ1) is 19.6. The average Bonchev–Trinajstić information content (AvgIpc) is 2.43. The van der Waals surface area contributed by atoms with Crippen LogP contribution in [0.2, 0.25) is 0 Å². The zero-order chi connectivity index (χ0) is 19.2. The summed E-state index contributed by atoms with van der Waals surface area (Å²) in [7, 11) is -14.7. The van der Waals surface area contributed by atoms with Crippen LogP contribution in [0.5, 0.6) is 0 Å². The van der Waals surface area contributed by atoms with E-state index in [1.807, 2.05) is 5.16 Å². The minimum atomic E-state index is -5.01. The van der Waals surface area contributed by atoms with E-state index in [4.69, 9.17) is 9.11 Å². The number of hydrogen-bond acceptors (Lipinski definition) is 8. The van der Waals surface area contributed by atoms with Crippen molar-refractivity contribution in [2.75, 3.05) is 0 Å². The molecular weight excluding hydrogens is 418 g/mol. The van der Waals surface area contributed by atoms with Crippen molar-refractivity contribution in [3.8, 4) is 0 Å². The van der Waals surface area contributed by atoms with Gasteiger partial charge < -0.3 is 0 Å². The molecule has 0 saturated heterocycles. The molecule has 0 amide bonds. The van der Waals surface area contributed by atoms with E-state index in [0.29, 0.717) is 6.07 Å². The Morgan fingerprint density at radius 1 is 0.800 bits per heavy atom. The lowest BCUT2D eigenvalue weighted by molar-refractivity contribution is 0.480. The van der Waals surface area contributed by atoms with Crippen LogP contribution in [-0.2, 0) is 30.4 Å². The number of rotatable bonds is 4. The zero-order valence-corrected chi connectivity index (χ0v) is 14.9. The number of thiocarbonyl (C=S) groups is 1. The first-order valence-corrected chi connectivity index (χ1v) is 10.6. The van der Waals surface area contributed by atoms with Crippen molar-refractivity contribution in [3.05, 3.63) is 24.3 Å². The Kier molecular flexibility index (Phi) is 4.84. The molecule has 0 aromatic heterocycles. The second kappa shape index (κ2) is 6.19. The summed E-state index contributed by atoms with van der Waals surface area (Å²) in [5.41, 5.74) is -0.422. The van der Waals surface area contributed by atoms with Crippen molar-refractivity contribution >= 4 is 64.2 Å². The molecule has 2 aromatic rings. The van der Waals surface area contributed by atoms with Gasteiger partial charge in [0, 0.05) is 5.39 Å². The predicted molar refractivity (Wildman–Crippen MR) is 88.1 cm³/mol. The Bertz CT molecular complexity index is 1250. The van der Waals surface area contributed by atoms with Gasteiger partial charge in [0.15, 0.2) is 0 Å². The van der Waals surface area contributed by atoms with Gasteiger partial charge in [0.05, 0.1) is 20.6 Å². The molecule has 2 aromatic carbocycles. The summed E-state index contributed by atoms with van der Waals surface area (Å²) in [4.78, 5) is 0.823. The number of fused-ring (bicyclic) bond motifs is 1. The fraction of sp³-hybridized carbons (Fsp3) is 0. The van der Waals surface area contributed by atoms with Gasteiger partial charge in [-0.05, 0) is 41.9 Å². The average molecular weight is 425 g/mol. The third kappa shape index (κ3) is 4.08. The summed E-state index contributed by atoms with van der Waals surface area (Å²) < 4.78 is 96.1. The van der Waals surface area contributed by atoms with Crippen molar-refractivity contribution in [3.63, 3.8) is 0 Å². The number of benzene rings is 2. The summed E-state index contributed by atoms with van der Waals surface area (Å²) in [6.45, 7) is 0. The minimum Gasteiger partial charge on any atom is -0.282 e. The minimum absolute atomic E-state index is 0.373. The van der Waals surface area contributed by atoms with Gasteiger partial charge in [-0.2, -0.15) is 30.2 Å². The van der Waals surface area contributed by atoms with E-state index in [9.17, 15) is 29.8 Å². The summed E-state index contributed by atoms with van der Waals surface area (Å²) in [6.07, 6.45) is 0. The van der Waals surface area contributed by atoms with Crippen molar-refractivity contribution in [2.24, 2.45) is 4.99 Å². The molecule has 0 unspecified atom stereocenters. The first-order chi connectivity index (χ1) is 11.2. The molecule has 0 bridgehead atoms. The van der Waals surface area contributed by atoms with Crippen LogP contribution in [0.1, 0.15) is 0 Å². The highest BCUT2D eigenvalue weighted by Gasteiger charge is 2.24. The fourth-order valence-electron chi connectivity index (χ4n) is 2.04. The third-order valence-electron chi connectivity index (χ3n) is 2.98. The number of hydrogen-bond donors (Lipinski definition) is 3. The monoisotopic (exact) mass is 425 g/mol. The van der Waals surface area contributed by atoms with E-state index in [1.54, 1.807) is 0 Å². The topological polar surface area (TPSA) is 175 Å². The van der Waals surface area contributed by atoms with E-state index in [1.165, 1.54) is 0 Å². The van der Waals surface area contributed by atoms with E-state index in [-0.39, 0.29) is 10.8 Å². The Labute approximate surface area is 147 Å². The molecule has 0 radical (unpaired) electrons. The molecule has 3 N–H and O–H groups in total. The molecule has 0 heterocycles. The van der Waals surface area contributed by atoms with Gasteiger partial charge in [-0.1, -0.05) is 0 Å². The lowest BCUT2D eigenvalue weighted by atomic mass is 10.1. The first-order valence-electron chi connectivity index (χ1n) is 5.87. The lowest BCUT2D eigenvalue weighted by Crippen LogP contribution is -2.05. The van der Waals surface area contributed by atoms with Crippen molar-refractivity contribution in [1.29, 1.82) is 0 Å². The Morgan fingerprint density at radius 2 is 1.28 bits per heavy atom. The summed E-state index contributed by atoms with van der Waals surface area (Å²) >= 11 is 4.38. The van der Waals surface area contributed by atoms with Crippen LogP contribution in [-0.4, -0.2) is 44.1 Å². The van der Waals surface area contributed by atoms with Gasteiger partial charge in [0.1, 0.15) is 4.90 Å². The summed E-state index contributed by atoms with van der Waals surface area (Å²) in [6, 6.07) is 2.67. The van der Waals surface area contributed by atoms with Crippen LogP contribution >= 0.6 is 12.2 Å². The maximum Gasteiger partial charge on any atom is 0.295 e. The van der Waals surface area contributed by atoms with Crippen LogP contribution in [0, 0.1) is 0 Å². The normalized spacial score (nSPS) is 12.8. The maximum atomic E-state index is 11.6. The van der Waals surface area contributed by atoms with Gasteiger partial charge in [0.2, 0.25) is 0 Å². The van der Waals surface area contributed by atoms with Gasteiger partial charge in [0.25, 0.3) is 30.4 Å². The third-order valence-corrected chi connectivity index (χ3v) is 5.61. The predicted octanol–water partition coefficient (Wildman–Crippen LogP) is 1.31. The largest absolute Gasteiger partial charge is 0.295 e. The van der Waals surface area contributed by atoms with E-state index in [2.05, 4.69) is 17.2 Å². The molecule has 0 aliphatic carbocycles.